The van der Waals surface area contributed by atoms with Gasteiger partial charge in [0.2, 0.25) is 0 Å². The normalized spacial score (nSPS) is 25.3. The van der Waals surface area contributed by atoms with Gasteiger partial charge < -0.3 is 25.5 Å². The van der Waals surface area contributed by atoms with E-state index in [1.54, 1.807) is 0 Å². The maximum absolute atomic E-state index is 9.88. The van der Waals surface area contributed by atoms with E-state index in [0.29, 0.717) is 6.04 Å². The van der Waals surface area contributed by atoms with Crippen molar-refractivity contribution in [2.24, 2.45) is 5.16 Å². The molecule has 0 unspecified atom stereocenters. The minimum Gasteiger partial charge on any atom is -0.450 e. The molecule has 10 nitrogen and oxygen atoms in total. The average Bonchev–Trinajstić information content (AvgIpc) is 3.41. The molecule has 4 N–H and O–H groups in total. The standard InChI is InChI=1S/C22H31N5O2.CH2O3/c1-2-27-21-18(14-24-27)20(25-15-6-4-3-5-7-15)17(13-23-21)19-12-22(29-26-19)10-8-16(28)9-11-22;2-1(3)4/h13-16,28H,2-12H2,1H3,(H,23,25);(H2,2,3,4). The Morgan fingerprint density at radius 3 is 2.55 bits per heavy atom. The Hall–Kier alpha value is -2.88. The highest BCUT2D eigenvalue weighted by Crippen LogP contribution is 2.41. The molecule has 2 saturated carbocycles. The molecule has 0 saturated heterocycles. The number of nitrogens with one attached hydrogen (secondary N) is 1. The summed E-state index contributed by atoms with van der Waals surface area (Å²) in [7, 11) is 0. The lowest BCUT2D eigenvalue weighted by Crippen LogP contribution is -2.36. The Morgan fingerprint density at radius 2 is 1.88 bits per heavy atom. The van der Waals surface area contributed by atoms with Crippen LogP contribution in [0.1, 0.15) is 76.7 Å². The molecule has 1 spiro atoms. The Balaban J connectivity index is 0.000000601. The van der Waals surface area contributed by atoms with Crippen LogP contribution in [0, 0.1) is 0 Å². The smallest absolute Gasteiger partial charge is 0.450 e. The second-order valence-corrected chi connectivity index (χ2v) is 9.23. The van der Waals surface area contributed by atoms with Crippen molar-refractivity contribution in [3.63, 3.8) is 0 Å². The summed E-state index contributed by atoms with van der Waals surface area (Å²) in [5.74, 6) is 0. The number of aryl methyl sites for hydroxylation is 1. The van der Waals surface area contributed by atoms with Crippen molar-refractivity contribution in [3.8, 4) is 0 Å². The predicted molar refractivity (Wildman–Crippen MR) is 124 cm³/mol. The van der Waals surface area contributed by atoms with Gasteiger partial charge in [-0.25, -0.2) is 14.5 Å². The summed E-state index contributed by atoms with van der Waals surface area (Å²) in [4.78, 5) is 19.3. The molecule has 3 heterocycles. The summed E-state index contributed by atoms with van der Waals surface area (Å²) < 4.78 is 1.95. The molecule has 0 aromatic carbocycles. The van der Waals surface area contributed by atoms with Crippen LogP contribution in [0.3, 0.4) is 0 Å². The number of carboxylic acid groups (broad SMARTS) is 2. The molecular weight excluding hydrogens is 426 g/mol. The molecule has 0 radical (unpaired) electrons. The van der Waals surface area contributed by atoms with Crippen molar-refractivity contribution >= 4 is 28.6 Å². The number of nitrogens with zero attached hydrogens (tertiary/aromatic N) is 4. The zero-order valence-electron chi connectivity index (χ0n) is 19.0. The predicted octanol–water partition coefficient (Wildman–Crippen LogP) is 4.22. The highest BCUT2D eigenvalue weighted by molar-refractivity contribution is 6.10. The maximum atomic E-state index is 9.88. The Bertz CT molecular complexity index is 1000. The van der Waals surface area contributed by atoms with Crippen LogP contribution in [0.15, 0.2) is 17.5 Å². The van der Waals surface area contributed by atoms with E-state index in [4.69, 9.17) is 24.8 Å². The third-order valence-electron chi connectivity index (χ3n) is 6.94. The molecule has 2 aromatic rings. The van der Waals surface area contributed by atoms with Crippen molar-refractivity contribution in [2.75, 3.05) is 5.32 Å². The van der Waals surface area contributed by atoms with Gasteiger partial charge in [-0.2, -0.15) is 5.10 Å². The lowest BCUT2D eigenvalue weighted by molar-refractivity contribution is -0.0676. The SMILES string of the molecule is CCn1ncc2c(NC3CCCCC3)c(C3=NOC4(CCC(O)CC4)C3)cnc21.O=C(O)O. The number of fused-ring (bicyclic) bond motifs is 1. The molecule has 33 heavy (non-hydrogen) atoms. The molecule has 2 fully saturated rings. The number of hydrogen-bond acceptors (Lipinski definition) is 7. The summed E-state index contributed by atoms with van der Waals surface area (Å²) in [5.41, 5.74) is 3.79. The van der Waals surface area contributed by atoms with Gasteiger partial charge in [0.05, 0.1) is 29.1 Å². The zero-order chi connectivity index (χ0) is 23.4. The van der Waals surface area contributed by atoms with E-state index in [-0.39, 0.29) is 11.7 Å². The summed E-state index contributed by atoms with van der Waals surface area (Å²) in [6.45, 7) is 2.89. The number of carbonyl (C=O) groups is 1. The van der Waals surface area contributed by atoms with Crippen LogP contribution in [0.4, 0.5) is 10.5 Å². The monoisotopic (exact) mass is 459 g/mol. The van der Waals surface area contributed by atoms with Gasteiger partial charge in [0.15, 0.2) is 5.65 Å². The van der Waals surface area contributed by atoms with Gasteiger partial charge in [0.1, 0.15) is 5.60 Å². The van der Waals surface area contributed by atoms with Crippen molar-refractivity contribution in [1.29, 1.82) is 0 Å². The molecule has 1 aliphatic heterocycles. The van der Waals surface area contributed by atoms with Crippen LogP contribution in [-0.4, -0.2) is 59.7 Å². The number of hydrogen-bond donors (Lipinski definition) is 4. The summed E-state index contributed by atoms with van der Waals surface area (Å²) in [6.07, 6.45) is 12.2. The first-order valence-electron chi connectivity index (χ1n) is 11.9. The van der Waals surface area contributed by atoms with E-state index < -0.39 is 6.16 Å². The van der Waals surface area contributed by atoms with Crippen molar-refractivity contribution in [3.05, 3.63) is 18.0 Å². The van der Waals surface area contributed by atoms with E-state index >= 15 is 0 Å². The quantitative estimate of drug-likeness (QED) is 0.532. The maximum Gasteiger partial charge on any atom is 0.503 e. The first kappa shape index (κ1) is 23.3. The number of anilines is 1. The Morgan fingerprint density at radius 1 is 1.18 bits per heavy atom. The second-order valence-electron chi connectivity index (χ2n) is 9.23. The van der Waals surface area contributed by atoms with Crippen LogP contribution in [0.25, 0.3) is 11.0 Å². The minimum absolute atomic E-state index is 0.199. The third-order valence-corrected chi connectivity index (χ3v) is 6.94. The van der Waals surface area contributed by atoms with Crippen molar-refractivity contribution in [2.45, 2.75) is 95.4 Å². The first-order valence-corrected chi connectivity index (χ1v) is 11.9. The molecule has 0 bridgehead atoms. The molecule has 3 aliphatic rings. The van der Waals surface area contributed by atoms with Gasteiger partial charge >= 0.3 is 6.16 Å². The van der Waals surface area contributed by atoms with Crippen molar-refractivity contribution < 1.29 is 25.0 Å². The van der Waals surface area contributed by atoms with Gasteiger partial charge in [0, 0.05) is 30.8 Å². The number of rotatable bonds is 4. The van der Waals surface area contributed by atoms with E-state index in [2.05, 4.69) is 22.5 Å². The summed E-state index contributed by atoms with van der Waals surface area (Å²) >= 11 is 0. The highest BCUT2D eigenvalue weighted by atomic mass is 16.7. The molecular formula is C23H33N5O5. The molecule has 0 atom stereocenters. The average molecular weight is 460 g/mol. The topological polar surface area (TPSA) is 142 Å². The number of pyridine rings is 1. The highest BCUT2D eigenvalue weighted by Gasteiger charge is 2.43. The fourth-order valence-electron chi connectivity index (χ4n) is 5.15. The molecule has 2 aromatic heterocycles. The summed E-state index contributed by atoms with van der Waals surface area (Å²) in [5, 5.41) is 37.8. The van der Waals surface area contributed by atoms with Crippen LogP contribution >= 0.6 is 0 Å². The lowest BCUT2D eigenvalue weighted by Gasteiger charge is -2.32. The van der Waals surface area contributed by atoms with Gasteiger partial charge in [-0.1, -0.05) is 24.4 Å². The summed E-state index contributed by atoms with van der Waals surface area (Å²) in [6, 6.07) is 0.486. The zero-order valence-corrected chi connectivity index (χ0v) is 19.0. The van der Waals surface area contributed by atoms with E-state index in [1.807, 2.05) is 17.1 Å². The fourth-order valence-corrected chi connectivity index (χ4v) is 5.15. The third kappa shape index (κ3) is 5.21. The number of oxime groups is 1. The Labute approximate surface area is 192 Å². The largest absolute Gasteiger partial charge is 0.503 e. The van der Waals surface area contributed by atoms with Crippen LogP contribution < -0.4 is 5.32 Å². The molecule has 5 rings (SSSR count). The van der Waals surface area contributed by atoms with E-state index in [9.17, 15) is 5.11 Å². The van der Waals surface area contributed by atoms with Gasteiger partial charge in [-0.05, 0) is 45.4 Å². The number of aromatic nitrogens is 3. The fraction of sp³-hybridized carbons (Fsp3) is 0.652. The van der Waals surface area contributed by atoms with Gasteiger partial charge in [0.25, 0.3) is 0 Å². The van der Waals surface area contributed by atoms with Gasteiger partial charge in [-0.3, -0.25) is 0 Å². The van der Waals surface area contributed by atoms with E-state index in [1.165, 1.54) is 32.1 Å². The minimum atomic E-state index is -1.83. The van der Waals surface area contributed by atoms with E-state index in [0.717, 1.165) is 66.6 Å². The molecule has 10 heteroatoms. The lowest BCUT2D eigenvalue weighted by atomic mass is 9.79. The molecule has 2 aliphatic carbocycles. The number of aliphatic hydroxyl groups is 1. The first-order chi connectivity index (χ1) is 15.9. The second kappa shape index (κ2) is 9.94. The van der Waals surface area contributed by atoms with Crippen LogP contribution in [0.5, 0.6) is 0 Å². The molecule has 180 valence electrons. The van der Waals surface area contributed by atoms with Crippen LogP contribution in [-0.2, 0) is 11.4 Å². The van der Waals surface area contributed by atoms with Crippen molar-refractivity contribution in [1.82, 2.24) is 14.8 Å². The number of aliphatic hydroxyl groups excluding tert-OH is 1. The van der Waals surface area contributed by atoms with Gasteiger partial charge in [-0.15, -0.1) is 0 Å². The van der Waals surface area contributed by atoms with Crippen LogP contribution in [0.2, 0.25) is 0 Å². The molecule has 0 amide bonds. The Kier molecular flexibility index (Phi) is 7.02.